The Labute approximate surface area is 144 Å². The molecule has 2 fully saturated rings. The Kier molecular flexibility index (Phi) is 3.91. The highest BCUT2D eigenvalue weighted by Crippen LogP contribution is 2.41. The van der Waals surface area contributed by atoms with Gasteiger partial charge in [0.15, 0.2) is 0 Å². The van der Waals surface area contributed by atoms with E-state index in [9.17, 15) is 0 Å². The Bertz CT molecular complexity index is 736. The van der Waals surface area contributed by atoms with E-state index in [2.05, 4.69) is 66.1 Å². The van der Waals surface area contributed by atoms with Crippen LogP contribution in [0.4, 0.5) is 11.5 Å². The van der Waals surface area contributed by atoms with Gasteiger partial charge in [0.1, 0.15) is 11.6 Å². The Morgan fingerprint density at radius 2 is 1.92 bits per heavy atom. The summed E-state index contributed by atoms with van der Waals surface area (Å²) in [5.41, 5.74) is 3.74. The molecule has 1 saturated heterocycles. The van der Waals surface area contributed by atoms with Gasteiger partial charge in [-0.25, -0.2) is 9.97 Å². The highest BCUT2D eigenvalue weighted by molar-refractivity contribution is 5.51. The maximum Gasteiger partial charge on any atom is 0.134 e. The van der Waals surface area contributed by atoms with Gasteiger partial charge in [-0.05, 0) is 50.3 Å². The molecular weight excluding hydrogens is 296 g/mol. The topological polar surface area (TPSA) is 32.3 Å². The van der Waals surface area contributed by atoms with Crippen molar-refractivity contribution in [3.05, 3.63) is 47.4 Å². The third-order valence-corrected chi connectivity index (χ3v) is 5.12. The molecule has 4 heteroatoms. The first-order chi connectivity index (χ1) is 11.6. The summed E-state index contributed by atoms with van der Waals surface area (Å²) >= 11 is 0. The summed E-state index contributed by atoms with van der Waals surface area (Å²) in [6.07, 6.45) is 4.91. The van der Waals surface area contributed by atoms with Gasteiger partial charge in [-0.2, -0.15) is 0 Å². The van der Waals surface area contributed by atoms with Crippen molar-refractivity contribution in [3.63, 3.8) is 0 Å². The first-order valence-corrected chi connectivity index (χ1v) is 9.01. The van der Waals surface area contributed by atoms with E-state index in [1.165, 1.54) is 36.9 Å². The third kappa shape index (κ3) is 2.97. The quantitative estimate of drug-likeness (QED) is 0.849. The van der Waals surface area contributed by atoms with Crippen LogP contribution in [0.3, 0.4) is 0 Å². The van der Waals surface area contributed by atoms with Gasteiger partial charge >= 0.3 is 0 Å². The molecule has 0 bridgehead atoms. The van der Waals surface area contributed by atoms with E-state index in [-0.39, 0.29) is 0 Å². The van der Waals surface area contributed by atoms with Gasteiger partial charge in [0, 0.05) is 44.0 Å². The van der Waals surface area contributed by atoms with Gasteiger partial charge in [-0.3, -0.25) is 0 Å². The molecule has 2 aliphatic rings. The van der Waals surface area contributed by atoms with E-state index in [0.717, 1.165) is 23.9 Å². The van der Waals surface area contributed by atoms with Gasteiger partial charge in [-0.1, -0.05) is 12.1 Å². The number of aromatic nitrogens is 2. The maximum atomic E-state index is 4.92. The molecule has 0 spiro atoms. The molecule has 24 heavy (non-hydrogen) atoms. The Morgan fingerprint density at radius 3 is 2.67 bits per heavy atom. The lowest BCUT2D eigenvalue weighted by molar-refractivity contribution is 0.705. The number of benzene rings is 1. The lowest BCUT2D eigenvalue weighted by Crippen LogP contribution is -2.24. The summed E-state index contributed by atoms with van der Waals surface area (Å²) < 4.78 is 0. The Balaban J connectivity index is 1.67. The van der Waals surface area contributed by atoms with E-state index < -0.39 is 0 Å². The molecule has 4 rings (SSSR count). The molecule has 1 saturated carbocycles. The normalized spacial score (nSPS) is 20.5. The molecule has 1 aliphatic carbocycles. The van der Waals surface area contributed by atoms with Crippen LogP contribution in [0.5, 0.6) is 0 Å². The summed E-state index contributed by atoms with van der Waals surface area (Å²) in [6.45, 7) is 3.17. The predicted molar refractivity (Wildman–Crippen MR) is 98.8 cm³/mol. The van der Waals surface area contributed by atoms with Crippen molar-refractivity contribution in [2.45, 2.75) is 44.6 Å². The van der Waals surface area contributed by atoms with Crippen molar-refractivity contribution in [1.82, 2.24) is 9.97 Å². The van der Waals surface area contributed by atoms with Crippen molar-refractivity contribution < 1.29 is 0 Å². The van der Waals surface area contributed by atoms with Crippen LogP contribution in [-0.4, -0.2) is 30.6 Å². The average Bonchev–Trinajstić information content (AvgIpc) is 3.31. The fourth-order valence-electron chi connectivity index (χ4n) is 3.64. The SMILES string of the molecule is Cc1cc(N2CCC[C@@H]2c2cccc(N(C)C)c2)nc(C2CC2)n1. The lowest BCUT2D eigenvalue weighted by Gasteiger charge is -2.27. The van der Waals surface area contributed by atoms with Crippen LogP contribution in [0, 0.1) is 6.92 Å². The highest BCUT2D eigenvalue weighted by Gasteiger charge is 2.31. The number of anilines is 2. The van der Waals surface area contributed by atoms with Gasteiger partial charge in [0.05, 0.1) is 6.04 Å². The predicted octanol–water partition coefficient (Wildman–Crippen LogP) is 4.07. The van der Waals surface area contributed by atoms with Crippen molar-refractivity contribution in [1.29, 1.82) is 0 Å². The monoisotopic (exact) mass is 322 g/mol. The van der Waals surface area contributed by atoms with Crippen LogP contribution in [0.1, 0.15) is 54.7 Å². The first kappa shape index (κ1) is 15.4. The zero-order valence-electron chi connectivity index (χ0n) is 14.9. The average molecular weight is 322 g/mol. The van der Waals surface area contributed by atoms with E-state index >= 15 is 0 Å². The Morgan fingerprint density at radius 1 is 1.08 bits per heavy atom. The maximum absolute atomic E-state index is 4.92. The fraction of sp³-hybridized carbons (Fsp3) is 0.500. The highest BCUT2D eigenvalue weighted by atomic mass is 15.2. The molecule has 0 amide bonds. The second kappa shape index (κ2) is 6.08. The van der Waals surface area contributed by atoms with Gasteiger partial charge in [0.25, 0.3) is 0 Å². The summed E-state index contributed by atoms with van der Waals surface area (Å²) in [7, 11) is 4.20. The van der Waals surface area contributed by atoms with Crippen LogP contribution in [0.15, 0.2) is 30.3 Å². The minimum Gasteiger partial charge on any atom is -0.378 e. The number of hydrogen-bond donors (Lipinski definition) is 0. The van der Waals surface area contributed by atoms with E-state index in [0.29, 0.717) is 12.0 Å². The second-order valence-corrected chi connectivity index (χ2v) is 7.34. The van der Waals surface area contributed by atoms with Crippen LogP contribution < -0.4 is 9.80 Å². The summed E-state index contributed by atoms with van der Waals surface area (Å²) in [4.78, 5) is 14.2. The van der Waals surface area contributed by atoms with Gasteiger partial charge in [-0.15, -0.1) is 0 Å². The first-order valence-electron chi connectivity index (χ1n) is 9.01. The van der Waals surface area contributed by atoms with E-state index in [1.807, 2.05) is 0 Å². The lowest BCUT2D eigenvalue weighted by atomic mass is 10.0. The minimum absolute atomic E-state index is 0.422. The van der Waals surface area contributed by atoms with Crippen molar-refractivity contribution in [2.24, 2.45) is 0 Å². The van der Waals surface area contributed by atoms with Crippen molar-refractivity contribution >= 4 is 11.5 Å². The molecule has 1 aromatic carbocycles. The molecule has 2 heterocycles. The molecule has 1 aliphatic heterocycles. The Hall–Kier alpha value is -2.10. The van der Waals surface area contributed by atoms with Crippen LogP contribution >= 0.6 is 0 Å². The fourth-order valence-corrected chi connectivity index (χ4v) is 3.64. The standard InChI is InChI=1S/C20H26N4/c1-14-12-19(22-20(21-14)15-9-10-15)24-11-5-8-18(24)16-6-4-7-17(13-16)23(2)3/h4,6-7,12-13,15,18H,5,8-11H2,1-3H3/t18-/m1/s1. The van der Waals surface area contributed by atoms with Crippen LogP contribution in [0.2, 0.25) is 0 Å². The second-order valence-electron chi connectivity index (χ2n) is 7.34. The number of nitrogens with zero attached hydrogens (tertiary/aromatic N) is 4. The molecule has 0 radical (unpaired) electrons. The minimum atomic E-state index is 0.422. The molecule has 1 atom stereocenters. The van der Waals surface area contributed by atoms with Crippen molar-refractivity contribution in [2.75, 3.05) is 30.4 Å². The molecule has 2 aromatic rings. The molecule has 0 unspecified atom stereocenters. The van der Waals surface area contributed by atoms with E-state index in [4.69, 9.17) is 4.98 Å². The number of hydrogen-bond acceptors (Lipinski definition) is 4. The van der Waals surface area contributed by atoms with Crippen LogP contribution in [0.25, 0.3) is 0 Å². The van der Waals surface area contributed by atoms with Crippen molar-refractivity contribution in [3.8, 4) is 0 Å². The molecule has 1 aromatic heterocycles. The number of rotatable bonds is 4. The zero-order chi connectivity index (χ0) is 16.7. The summed E-state index contributed by atoms with van der Waals surface area (Å²) in [5, 5.41) is 0. The molecule has 4 nitrogen and oxygen atoms in total. The van der Waals surface area contributed by atoms with Gasteiger partial charge < -0.3 is 9.80 Å². The summed E-state index contributed by atoms with van der Waals surface area (Å²) in [5.74, 6) is 2.77. The number of aryl methyl sites for hydroxylation is 1. The van der Waals surface area contributed by atoms with Crippen LogP contribution in [-0.2, 0) is 0 Å². The van der Waals surface area contributed by atoms with Gasteiger partial charge in [0.2, 0.25) is 0 Å². The zero-order valence-corrected chi connectivity index (χ0v) is 14.9. The smallest absolute Gasteiger partial charge is 0.134 e. The summed E-state index contributed by atoms with van der Waals surface area (Å²) in [6, 6.07) is 11.5. The molecule has 0 N–H and O–H groups in total. The third-order valence-electron chi connectivity index (χ3n) is 5.12. The van der Waals surface area contributed by atoms with E-state index in [1.54, 1.807) is 0 Å². The molecule has 126 valence electrons. The molecular formula is C20H26N4. The largest absolute Gasteiger partial charge is 0.378 e.